The van der Waals surface area contributed by atoms with E-state index in [0.717, 1.165) is 23.6 Å². The smallest absolute Gasteiger partial charge is 0.234 e. The number of nitrogen functional groups attached to an aromatic ring is 1. The predicted octanol–water partition coefficient (Wildman–Crippen LogP) is 2.87. The first-order valence-corrected chi connectivity index (χ1v) is 7.16. The first-order chi connectivity index (χ1) is 10.1. The van der Waals surface area contributed by atoms with E-state index in [4.69, 9.17) is 10.5 Å². The van der Waals surface area contributed by atoms with Crippen LogP contribution in [0.1, 0.15) is 26.3 Å². The third-order valence-electron chi connectivity index (χ3n) is 3.11. The fourth-order valence-corrected chi connectivity index (χ4v) is 2.11. The van der Waals surface area contributed by atoms with E-state index in [1.165, 1.54) is 0 Å². The van der Waals surface area contributed by atoms with Gasteiger partial charge in [0.2, 0.25) is 5.88 Å². The second-order valence-electron chi connectivity index (χ2n) is 5.12. The topological polar surface area (TPSA) is 64.3 Å². The lowest BCUT2D eigenvalue weighted by atomic mass is 10.1. The summed E-state index contributed by atoms with van der Waals surface area (Å²) in [5, 5.41) is 0. The molecule has 0 fully saturated rings. The van der Waals surface area contributed by atoms with Crippen molar-refractivity contribution in [3.8, 4) is 5.88 Å². The zero-order chi connectivity index (χ0) is 15.2. The van der Waals surface area contributed by atoms with Crippen LogP contribution in [-0.4, -0.2) is 22.6 Å². The van der Waals surface area contributed by atoms with E-state index in [2.05, 4.69) is 34.8 Å². The first kappa shape index (κ1) is 15.1. The highest BCUT2D eigenvalue weighted by atomic mass is 16.5. The highest BCUT2D eigenvalue weighted by Crippen LogP contribution is 2.20. The normalized spacial score (nSPS) is 10.7. The van der Waals surface area contributed by atoms with E-state index in [1.807, 2.05) is 25.1 Å². The van der Waals surface area contributed by atoms with Gasteiger partial charge in [-0.25, -0.2) is 0 Å². The second kappa shape index (κ2) is 6.92. The van der Waals surface area contributed by atoms with E-state index >= 15 is 0 Å². The Labute approximate surface area is 125 Å². The van der Waals surface area contributed by atoms with E-state index in [-0.39, 0.29) is 6.04 Å². The fourth-order valence-electron chi connectivity index (χ4n) is 2.11. The summed E-state index contributed by atoms with van der Waals surface area (Å²) < 4.78 is 5.43. The molecule has 0 atom stereocenters. The molecule has 2 N–H and O–H groups in total. The molecule has 21 heavy (non-hydrogen) atoms. The summed E-state index contributed by atoms with van der Waals surface area (Å²) in [6.45, 7) is 7.49. The highest BCUT2D eigenvalue weighted by molar-refractivity contribution is 5.44. The van der Waals surface area contributed by atoms with Crippen molar-refractivity contribution >= 4 is 11.5 Å². The molecule has 112 valence electrons. The van der Waals surface area contributed by atoms with Gasteiger partial charge in [-0.3, -0.25) is 4.98 Å². The van der Waals surface area contributed by atoms with Crippen molar-refractivity contribution < 1.29 is 4.74 Å². The predicted molar refractivity (Wildman–Crippen MR) is 85.4 cm³/mol. The van der Waals surface area contributed by atoms with E-state index in [9.17, 15) is 0 Å². The van der Waals surface area contributed by atoms with E-state index < -0.39 is 0 Å². The molecule has 0 aliphatic heterocycles. The maximum absolute atomic E-state index is 5.85. The summed E-state index contributed by atoms with van der Waals surface area (Å²) in [7, 11) is 0. The van der Waals surface area contributed by atoms with Crippen molar-refractivity contribution in [1.29, 1.82) is 0 Å². The minimum absolute atomic E-state index is 0.289. The zero-order valence-corrected chi connectivity index (χ0v) is 12.8. The number of anilines is 2. The number of aromatic nitrogens is 2. The summed E-state index contributed by atoms with van der Waals surface area (Å²) in [5.41, 5.74) is 7.76. The number of benzene rings is 1. The van der Waals surface area contributed by atoms with Gasteiger partial charge in [0.25, 0.3) is 0 Å². The van der Waals surface area contributed by atoms with Crippen LogP contribution in [0.3, 0.4) is 0 Å². The molecule has 2 rings (SSSR count). The number of nitrogens with zero attached hydrogens (tertiary/aromatic N) is 3. The molecule has 0 bridgehead atoms. The average Bonchev–Trinajstić information content (AvgIpc) is 2.45. The lowest BCUT2D eigenvalue weighted by Crippen LogP contribution is -2.31. The number of ether oxygens (including phenoxy) is 1. The Morgan fingerprint density at radius 1 is 1.29 bits per heavy atom. The molecule has 0 aliphatic rings. The van der Waals surface area contributed by atoms with Crippen molar-refractivity contribution in [3.05, 3.63) is 42.2 Å². The molecular weight excluding hydrogens is 264 g/mol. The first-order valence-electron chi connectivity index (χ1n) is 7.16. The Morgan fingerprint density at radius 2 is 2.10 bits per heavy atom. The Morgan fingerprint density at radius 3 is 2.76 bits per heavy atom. The maximum atomic E-state index is 5.85. The molecular formula is C16H22N4O. The molecule has 0 saturated heterocycles. The van der Waals surface area contributed by atoms with Crippen LogP contribution in [0.4, 0.5) is 11.5 Å². The van der Waals surface area contributed by atoms with Crippen molar-refractivity contribution in [3.63, 3.8) is 0 Å². The second-order valence-corrected chi connectivity index (χ2v) is 5.12. The van der Waals surface area contributed by atoms with Gasteiger partial charge in [0.1, 0.15) is 0 Å². The number of hydrogen-bond donors (Lipinski definition) is 1. The summed E-state index contributed by atoms with van der Waals surface area (Å²) in [6, 6.07) is 8.18. The largest absolute Gasteiger partial charge is 0.477 e. The van der Waals surface area contributed by atoms with Crippen LogP contribution in [0, 0.1) is 0 Å². The molecule has 1 aromatic heterocycles. The molecule has 0 unspecified atom stereocenters. The molecule has 5 heteroatoms. The Kier molecular flexibility index (Phi) is 4.98. The average molecular weight is 286 g/mol. The van der Waals surface area contributed by atoms with Crippen molar-refractivity contribution in [2.75, 3.05) is 17.2 Å². The van der Waals surface area contributed by atoms with Gasteiger partial charge < -0.3 is 15.4 Å². The van der Waals surface area contributed by atoms with Gasteiger partial charge in [0.05, 0.1) is 19.0 Å². The standard InChI is InChI=1S/C16H22N4O/c1-4-21-16-10-18-9-15(19-16)20(12(2)3)11-13-6-5-7-14(17)8-13/h5-10,12H,4,11,17H2,1-3H3. The van der Waals surface area contributed by atoms with Gasteiger partial charge in [-0.15, -0.1) is 0 Å². The van der Waals surface area contributed by atoms with Crippen LogP contribution >= 0.6 is 0 Å². The number of nitrogens with two attached hydrogens (primary N) is 1. The zero-order valence-electron chi connectivity index (χ0n) is 12.8. The molecule has 0 saturated carbocycles. The molecule has 0 radical (unpaired) electrons. The molecule has 0 amide bonds. The minimum Gasteiger partial charge on any atom is -0.477 e. The van der Waals surface area contributed by atoms with Crippen molar-refractivity contribution in [2.45, 2.75) is 33.4 Å². The Hall–Kier alpha value is -2.30. The third kappa shape index (κ3) is 4.08. The van der Waals surface area contributed by atoms with E-state index in [1.54, 1.807) is 12.4 Å². The van der Waals surface area contributed by atoms with Crippen LogP contribution in [0.25, 0.3) is 0 Å². The molecule has 0 aliphatic carbocycles. The SMILES string of the molecule is CCOc1cncc(N(Cc2cccc(N)c2)C(C)C)n1. The fraction of sp³-hybridized carbons (Fsp3) is 0.375. The van der Waals surface area contributed by atoms with Gasteiger partial charge in [0, 0.05) is 18.3 Å². The summed E-state index contributed by atoms with van der Waals surface area (Å²) >= 11 is 0. The van der Waals surface area contributed by atoms with Crippen LogP contribution in [-0.2, 0) is 6.54 Å². The molecule has 1 heterocycles. The quantitative estimate of drug-likeness (QED) is 0.827. The van der Waals surface area contributed by atoms with Crippen molar-refractivity contribution in [2.24, 2.45) is 0 Å². The Bertz CT molecular complexity index is 586. The molecule has 2 aromatic rings. The van der Waals surface area contributed by atoms with Gasteiger partial charge in [-0.1, -0.05) is 12.1 Å². The van der Waals surface area contributed by atoms with Gasteiger partial charge in [0.15, 0.2) is 5.82 Å². The lowest BCUT2D eigenvalue weighted by Gasteiger charge is -2.28. The van der Waals surface area contributed by atoms with Crippen LogP contribution in [0.5, 0.6) is 5.88 Å². The third-order valence-corrected chi connectivity index (χ3v) is 3.11. The monoisotopic (exact) mass is 286 g/mol. The van der Waals surface area contributed by atoms with Crippen LogP contribution < -0.4 is 15.4 Å². The lowest BCUT2D eigenvalue weighted by molar-refractivity contribution is 0.325. The van der Waals surface area contributed by atoms with E-state index in [0.29, 0.717) is 12.5 Å². The Balaban J connectivity index is 2.24. The number of hydrogen-bond acceptors (Lipinski definition) is 5. The van der Waals surface area contributed by atoms with Crippen LogP contribution in [0.2, 0.25) is 0 Å². The molecule has 5 nitrogen and oxygen atoms in total. The van der Waals surface area contributed by atoms with Gasteiger partial charge in [-0.2, -0.15) is 4.98 Å². The van der Waals surface area contributed by atoms with Gasteiger partial charge >= 0.3 is 0 Å². The highest BCUT2D eigenvalue weighted by Gasteiger charge is 2.14. The maximum Gasteiger partial charge on any atom is 0.234 e. The summed E-state index contributed by atoms with van der Waals surface area (Å²) in [5.74, 6) is 1.35. The van der Waals surface area contributed by atoms with Crippen LogP contribution in [0.15, 0.2) is 36.7 Å². The summed E-state index contributed by atoms with van der Waals surface area (Å²) in [4.78, 5) is 10.9. The minimum atomic E-state index is 0.289. The molecule has 1 aromatic carbocycles. The van der Waals surface area contributed by atoms with Gasteiger partial charge in [-0.05, 0) is 38.5 Å². The molecule has 0 spiro atoms. The summed E-state index contributed by atoms with van der Waals surface area (Å²) in [6.07, 6.45) is 3.39. The number of rotatable bonds is 6. The van der Waals surface area contributed by atoms with Crippen molar-refractivity contribution in [1.82, 2.24) is 9.97 Å².